The quantitative estimate of drug-likeness (QED) is 0.848. The molecule has 0 saturated carbocycles. The predicted molar refractivity (Wildman–Crippen MR) is 63.9 cm³/mol. The minimum absolute atomic E-state index is 0.527. The molecule has 16 heavy (non-hydrogen) atoms. The van der Waals surface area contributed by atoms with Crippen LogP contribution in [-0.4, -0.2) is 21.3 Å². The highest BCUT2D eigenvalue weighted by atomic mass is 32.9. The van der Waals surface area contributed by atoms with Crippen LogP contribution in [0.1, 0.15) is 5.56 Å². The predicted octanol–water partition coefficient (Wildman–Crippen LogP) is 1.08. The molecular weight excluding hydrogens is 250 g/mol. The maximum Gasteiger partial charge on any atom is 0.267 e. The van der Waals surface area contributed by atoms with Crippen LogP contribution in [0.2, 0.25) is 0 Å². The van der Waals surface area contributed by atoms with Crippen molar-refractivity contribution in [2.24, 2.45) is 0 Å². The van der Waals surface area contributed by atoms with Gasteiger partial charge in [0.25, 0.3) is 15.0 Å². The first kappa shape index (κ1) is 13.0. The Morgan fingerprint density at radius 3 is 2.75 bits per heavy atom. The Balaban J connectivity index is 2.56. The lowest BCUT2D eigenvalue weighted by Crippen LogP contribution is -2.20. The van der Waals surface area contributed by atoms with E-state index in [2.05, 4.69) is 20.7 Å². The number of para-hydroxylation sites is 1. The van der Waals surface area contributed by atoms with Crippen LogP contribution < -0.4 is 5.32 Å². The molecule has 0 fully saturated rings. The normalized spacial score (nSPS) is 14.1. The van der Waals surface area contributed by atoms with Crippen molar-refractivity contribution in [2.75, 3.05) is 11.9 Å². The molecule has 1 amide bonds. The third kappa shape index (κ3) is 4.67. The van der Waals surface area contributed by atoms with Crippen LogP contribution in [0, 0.1) is 6.92 Å². The molecule has 0 aliphatic rings. The van der Waals surface area contributed by atoms with E-state index in [0.29, 0.717) is 5.69 Å². The van der Waals surface area contributed by atoms with Gasteiger partial charge in [-0.3, -0.25) is 13.5 Å². The molecule has 0 aliphatic heterocycles. The van der Waals surface area contributed by atoms with E-state index in [0.717, 1.165) is 5.56 Å². The average molecular weight is 261 g/mol. The number of amides is 1. The Morgan fingerprint density at radius 2 is 2.19 bits per heavy atom. The standard InChI is InChI=1S/C9H11NO4S2/c1-7-4-2-3-5-8(7)10-9(11)6-14-16(12,13)15/h2-5H,6H2,1H3,(H,10,11)(H,12,13,15). The van der Waals surface area contributed by atoms with E-state index in [1.165, 1.54) is 0 Å². The summed E-state index contributed by atoms with van der Waals surface area (Å²) in [5.41, 5.74) is 1.52. The summed E-state index contributed by atoms with van der Waals surface area (Å²) >= 11 is 4.07. The molecule has 0 aliphatic carbocycles. The molecule has 1 atom stereocenters. The van der Waals surface area contributed by atoms with Crippen LogP contribution >= 0.6 is 0 Å². The van der Waals surface area contributed by atoms with E-state index in [4.69, 9.17) is 4.55 Å². The van der Waals surface area contributed by atoms with Crippen molar-refractivity contribution in [3.63, 3.8) is 0 Å². The molecule has 1 rings (SSSR count). The molecule has 2 N–H and O–H groups in total. The Hall–Kier alpha value is -1.02. The summed E-state index contributed by atoms with van der Waals surface area (Å²) in [7, 11) is -3.75. The van der Waals surface area contributed by atoms with Crippen molar-refractivity contribution in [3.05, 3.63) is 29.8 Å². The third-order valence-corrected chi connectivity index (χ3v) is 2.46. The first-order valence-electron chi connectivity index (χ1n) is 4.36. The molecule has 1 unspecified atom stereocenters. The Labute approximate surface area is 98.5 Å². The van der Waals surface area contributed by atoms with Gasteiger partial charge in [0.2, 0.25) is 0 Å². The number of carbonyl (C=O) groups is 1. The van der Waals surface area contributed by atoms with Gasteiger partial charge in [-0.2, -0.15) is 4.21 Å². The van der Waals surface area contributed by atoms with Crippen LogP contribution in [0.3, 0.4) is 0 Å². The zero-order valence-corrected chi connectivity index (χ0v) is 10.1. The molecule has 88 valence electrons. The average Bonchev–Trinajstić information content (AvgIpc) is 2.18. The van der Waals surface area contributed by atoms with E-state index in [9.17, 15) is 9.00 Å². The van der Waals surface area contributed by atoms with Gasteiger partial charge in [-0.05, 0) is 18.6 Å². The molecular formula is C9H11NO4S2. The maximum absolute atomic E-state index is 11.3. The summed E-state index contributed by atoms with van der Waals surface area (Å²) in [6.45, 7) is 1.28. The van der Waals surface area contributed by atoms with Crippen LogP contribution in [0.4, 0.5) is 5.69 Å². The molecule has 0 aromatic heterocycles. The SMILES string of the molecule is Cc1ccccc1NC(=O)COS(=O)(O)=S. The van der Waals surface area contributed by atoms with E-state index in [1.54, 1.807) is 12.1 Å². The number of nitrogens with one attached hydrogen (secondary N) is 1. The summed E-state index contributed by atoms with van der Waals surface area (Å²) in [5, 5.41) is 2.54. The number of aryl methyl sites for hydroxylation is 1. The monoisotopic (exact) mass is 261 g/mol. The fourth-order valence-electron chi connectivity index (χ4n) is 1.03. The molecule has 7 heteroatoms. The van der Waals surface area contributed by atoms with Gasteiger partial charge in [0, 0.05) is 16.9 Å². The van der Waals surface area contributed by atoms with Gasteiger partial charge in [-0.1, -0.05) is 18.2 Å². The molecule has 1 aromatic rings. The van der Waals surface area contributed by atoms with Crippen molar-refractivity contribution in [1.29, 1.82) is 0 Å². The Bertz CT molecular complexity index is 484. The van der Waals surface area contributed by atoms with Crippen LogP contribution in [0.5, 0.6) is 0 Å². The summed E-state index contributed by atoms with van der Waals surface area (Å²) in [6, 6.07) is 7.16. The van der Waals surface area contributed by atoms with Crippen molar-refractivity contribution < 1.29 is 17.7 Å². The van der Waals surface area contributed by atoms with E-state index >= 15 is 0 Å². The van der Waals surface area contributed by atoms with E-state index in [1.807, 2.05) is 19.1 Å². The number of hydrogen-bond acceptors (Lipinski definition) is 4. The van der Waals surface area contributed by atoms with Crippen LogP contribution in [0.25, 0.3) is 0 Å². The first-order chi connectivity index (χ1) is 7.38. The number of carbonyl (C=O) groups excluding carboxylic acids is 1. The summed E-state index contributed by atoms with van der Waals surface area (Å²) in [5.74, 6) is -0.527. The minimum Gasteiger partial charge on any atom is -0.324 e. The van der Waals surface area contributed by atoms with Crippen LogP contribution in [-0.2, 0) is 29.2 Å². The smallest absolute Gasteiger partial charge is 0.267 e. The summed E-state index contributed by atoms with van der Waals surface area (Å²) < 4.78 is 23.5. The minimum atomic E-state index is -3.75. The maximum atomic E-state index is 11.3. The fourth-order valence-corrected chi connectivity index (χ4v) is 1.43. The highest BCUT2D eigenvalue weighted by Crippen LogP contribution is 2.12. The molecule has 0 radical (unpaired) electrons. The van der Waals surface area contributed by atoms with Crippen molar-refractivity contribution in [1.82, 2.24) is 0 Å². The van der Waals surface area contributed by atoms with Gasteiger partial charge < -0.3 is 5.32 Å². The topological polar surface area (TPSA) is 75.6 Å². The second-order valence-corrected chi connectivity index (χ2v) is 5.41. The molecule has 0 saturated heterocycles. The van der Waals surface area contributed by atoms with Crippen molar-refractivity contribution in [3.8, 4) is 0 Å². The number of anilines is 1. The van der Waals surface area contributed by atoms with Crippen molar-refractivity contribution in [2.45, 2.75) is 6.92 Å². The lowest BCUT2D eigenvalue weighted by atomic mass is 10.2. The highest BCUT2D eigenvalue weighted by molar-refractivity contribution is 8.27. The molecule has 1 aromatic carbocycles. The molecule has 0 heterocycles. The van der Waals surface area contributed by atoms with Gasteiger partial charge in [-0.15, -0.1) is 0 Å². The molecule has 5 nitrogen and oxygen atoms in total. The fraction of sp³-hybridized carbons (Fsp3) is 0.222. The van der Waals surface area contributed by atoms with Gasteiger partial charge in [0.15, 0.2) is 0 Å². The Morgan fingerprint density at radius 1 is 1.56 bits per heavy atom. The van der Waals surface area contributed by atoms with E-state index < -0.39 is 21.6 Å². The molecule has 0 spiro atoms. The number of rotatable bonds is 4. The third-order valence-electron chi connectivity index (χ3n) is 1.76. The summed E-state index contributed by atoms with van der Waals surface area (Å²) in [4.78, 5) is 11.3. The van der Waals surface area contributed by atoms with Gasteiger partial charge in [-0.25, -0.2) is 0 Å². The lowest BCUT2D eigenvalue weighted by molar-refractivity contribution is -0.118. The number of benzene rings is 1. The van der Waals surface area contributed by atoms with Gasteiger partial charge in [0.05, 0.1) is 0 Å². The van der Waals surface area contributed by atoms with Gasteiger partial charge >= 0.3 is 0 Å². The number of hydrogen-bond donors (Lipinski definition) is 2. The highest BCUT2D eigenvalue weighted by Gasteiger charge is 2.07. The largest absolute Gasteiger partial charge is 0.324 e. The second kappa shape index (κ2) is 5.35. The Kier molecular flexibility index (Phi) is 4.36. The zero-order valence-electron chi connectivity index (χ0n) is 8.50. The summed E-state index contributed by atoms with van der Waals surface area (Å²) in [6.07, 6.45) is 0. The van der Waals surface area contributed by atoms with Crippen molar-refractivity contribution >= 4 is 31.8 Å². The van der Waals surface area contributed by atoms with Gasteiger partial charge in [0.1, 0.15) is 6.61 Å². The molecule has 0 bridgehead atoms. The lowest BCUT2D eigenvalue weighted by Gasteiger charge is -2.07. The van der Waals surface area contributed by atoms with E-state index in [-0.39, 0.29) is 0 Å². The van der Waals surface area contributed by atoms with Crippen LogP contribution in [0.15, 0.2) is 24.3 Å². The second-order valence-electron chi connectivity index (χ2n) is 3.05. The zero-order chi connectivity index (χ0) is 12.2. The first-order valence-corrected chi connectivity index (χ1v) is 6.72.